The zero-order valence-corrected chi connectivity index (χ0v) is 14.8. The van der Waals surface area contributed by atoms with Gasteiger partial charge in [0.05, 0.1) is 30.3 Å². The molecule has 8 heteroatoms. The molecule has 1 N–H and O–H groups in total. The number of likely N-dealkylation sites (N-methyl/N-ethyl adjacent to an activating group) is 1. The fourth-order valence-electron chi connectivity index (χ4n) is 2.91. The fraction of sp³-hybridized carbons (Fsp3) is 0.625. The summed E-state index contributed by atoms with van der Waals surface area (Å²) in [6, 6.07) is 5.01. The van der Waals surface area contributed by atoms with Gasteiger partial charge in [0.15, 0.2) is 0 Å². The highest BCUT2D eigenvalue weighted by atomic mass is 32.2. The fourth-order valence-corrected chi connectivity index (χ4v) is 4.01. The number of sulfonamides is 1. The maximum absolute atomic E-state index is 12.5. The molecule has 0 radical (unpaired) electrons. The highest BCUT2D eigenvalue weighted by Gasteiger charge is 2.20. The summed E-state index contributed by atoms with van der Waals surface area (Å²) in [5.41, 5.74) is 0.817. The number of hydrogen-bond acceptors (Lipinski definition) is 6. The molecule has 0 spiro atoms. The lowest BCUT2D eigenvalue weighted by Crippen LogP contribution is -2.38. The van der Waals surface area contributed by atoms with E-state index in [2.05, 4.69) is 9.62 Å². The van der Waals surface area contributed by atoms with Crippen molar-refractivity contribution in [2.45, 2.75) is 11.3 Å². The lowest BCUT2D eigenvalue weighted by molar-refractivity contribution is 0.0376. The van der Waals surface area contributed by atoms with E-state index in [1.54, 1.807) is 18.2 Å². The molecule has 1 aromatic rings. The highest BCUT2D eigenvalue weighted by Crippen LogP contribution is 2.32. The molecule has 1 aromatic carbocycles. The van der Waals surface area contributed by atoms with Gasteiger partial charge in [0, 0.05) is 26.7 Å². The van der Waals surface area contributed by atoms with Gasteiger partial charge >= 0.3 is 0 Å². The van der Waals surface area contributed by atoms with Gasteiger partial charge in [-0.15, -0.1) is 0 Å². The number of hydrogen-bond donors (Lipinski definition) is 1. The summed E-state index contributed by atoms with van der Waals surface area (Å²) < 4.78 is 38.5. The first-order valence-electron chi connectivity index (χ1n) is 8.34. The number of ether oxygens (including phenoxy) is 2. The molecule has 2 heterocycles. The van der Waals surface area contributed by atoms with Gasteiger partial charge in [-0.3, -0.25) is 4.90 Å². The molecule has 0 unspecified atom stereocenters. The first kappa shape index (κ1) is 17.5. The van der Waals surface area contributed by atoms with E-state index in [0.29, 0.717) is 13.2 Å². The summed E-state index contributed by atoms with van der Waals surface area (Å²) >= 11 is 0. The number of fused-ring (bicyclic) bond motifs is 1. The Labute approximate surface area is 143 Å². The minimum Gasteiger partial charge on any atom is -0.490 e. The summed E-state index contributed by atoms with van der Waals surface area (Å²) in [6.07, 6.45) is 0.785. The van der Waals surface area contributed by atoms with Crippen molar-refractivity contribution in [1.29, 1.82) is 0 Å². The molecule has 7 nitrogen and oxygen atoms in total. The highest BCUT2D eigenvalue weighted by molar-refractivity contribution is 7.89. The number of anilines is 1. The largest absolute Gasteiger partial charge is 0.490 e. The van der Waals surface area contributed by atoms with Gasteiger partial charge in [-0.1, -0.05) is 0 Å². The Morgan fingerprint density at radius 1 is 1.17 bits per heavy atom. The Hall–Kier alpha value is -1.35. The van der Waals surface area contributed by atoms with Crippen molar-refractivity contribution >= 4 is 15.7 Å². The summed E-state index contributed by atoms with van der Waals surface area (Å²) in [5.74, 6) is 0.731. The Morgan fingerprint density at radius 3 is 2.75 bits per heavy atom. The van der Waals surface area contributed by atoms with Gasteiger partial charge < -0.3 is 14.4 Å². The predicted octanol–water partition coefficient (Wildman–Crippen LogP) is 0.516. The van der Waals surface area contributed by atoms with E-state index in [-0.39, 0.29) is 4.90 Å². The lowest BCUT2D eigenvalue weighted by atomic mass is 10.2. The minimum atomic E-state index is -3.50. The molecular weight excluding hydrogens is 330 g/mol. The second kappa shape index (κ2) is 7.69. The molecule has 0 aromatic heterocycles. The molecule has 3 rings (SSSR count). The van der Waals surface area contributed by atoms with E-state index in [9.17, 15) is 8.42 Å². The molecule has 1 fully saturated rings. The third kappa shape index (κ3) is 4.18. The van der Waals surface area contributed by atoms with Crippen LogP contribution in [-0.4, -0.2) is 72.9 Å². The Morgan fingerprint density at radius 2 is 1.96 bits per heavy atom. The molecule has 0 aliphatic carbocycles. The molecule has 134 valence electrons. The van der Waals surface area contributed by atoms with Crippen LogP contribution in [0.1, 0.15) is 6.42 Å². The maximum Gasteiger partial charge on any atom is 0.240 e. The summed E-state index contributed by atoms with van der Waals surface area (Å²) in [4.78, 5) is 4.59. The maximum atomic E-state index is 12.5. The van der Waals surface area contributed by atoms with Crippen LogP contribution >= 0.6 is 0 Å². The SMILES string of the molecule is CN1CCOc2ccc(S(=O)(=O)NCCCN3CCOCC3)cc21. The van der Waals surface area contributed by atoms with Crippen LogP contribution in [0.25, 0.3) is 0 Å². The van der Waals surface area contributed by atoms with Gasteiger partial charge in [0.1, 0.15) is 12.4 Å². The quantitative estimate of drug-likeness (QED) is 0.750. The zero-order chi connectivity index (χ0) is 17.0. The number of benzene rings is 1. The molecule has 0 bridgehead atoms. The van der Waals surface area contributed by atoms with Crippen molar-refractivity contribution in [2.75, 3.05) is 64.5 Å². The van der Waals surface area contributed by atoms with E-state index in [4.69, 9.17) is 9.47 Å². The van der Waals surface area contributed by atoms with Crippen LogP contribution in [-0.2, 0) is 14.8 Å². The lowest BCUT2D eigenvalue weighted by Gasteiger charge is -2.28. The van der Waals surface area contributed by atoms with E-state index >= 15 is 0 Å². The smallest absolute Gasteiger partial charge is 0.240 e. The van der Waals surface area contributed by atoms with Crippen molar-refractivity contribution in [3.05, 3.63) is 18.2 Å². The van der Waals surface area contributed by atoms with Crippen molar-refractivity contribution in [3.8, 4) is 5.75 Å². The molecular formula is C16H25N3O4S. The van der Waals surface area contributed by atoms with Crippen LogP contribution in [0.3, 0.4) is 0 Å². The van der Waals surface area contributed by atoms with Crippen molar-refractivity contribution in [3.63, 3.8) is 0 Å². The topological polar surface area (TPSA) is 71.1 Å². The van der Waals surface area contributed by atoms with Crippen molar-refractivity contribution in [2.24, 2.45) is 0 Å². The van der Waals surface area contributed by atoms with Gasteiger partial charge in [-0.25, -0.2) is 13.1 Å². The van der Waals surface area contributed by atoms with Crippen LogP contribution in [0.5, 0.6) is 5.75 Å². The second-order valence-corrected chi connectivity index (χ2v) is 7.87. The van der Waals surface area contributed by atoms with Crippen LogP contribution in [0, 0.1) is 0 Å². The Balaban J connectivity index is 1.56. The van der Waals surface area contributed by atoms with Gasteiger partial charge in [-0.05, 0) is 31.2 Å². The summed E-state index contributed by atoms with van der Waals surface area (Å²) in [5, 5.41) is 0. The molecule has 2 aliphatic rings. The Bertz CT molecular complexity index is 659. The van der Waals surface area contributed by atoms with E-state index in [0.717, 1.165) is 57.3 Å². The summed E-state index contributed by atoms with van der Waals surface area (Å²) in [6.45, 7) is 6.05. The van der Waals surface area contributed by atoms with Crippen LogP contribution in [0.15, 0.2) is 23.1 Å². The molecule has 24 heavy (non-hydrogen) atoms. The predicted molar refractivity (Wildman–Crippen MR) is 92.3 cm³/mol. The number of rotatable bonds is 6. The molecule has 2 aliphatic heterocycles. The standard InChI is InChI=1S/C16H25N3O4S/c1-18-7-12-23-16-4-3-14(13-15(16)18)24(20,21)17-5-2-6-19-8-10-22-11-9-19/h3-4,13,17H,2,5-12H2,1H3. The van der Waals surface area contributed by atoms with Crippen LogP contribution in [0.4, 0.5) is 5.69 Å². The van der Waals surface area contributed by atoms with Gasteiger partial charge in [-0.2, -0.15) is 0 Å². The van der Waals surface area contributed by atoms with E-state index < -0.39 is 10.0 Å². The average Bonchev–Trinajstić information content (AvgIpc) is 2.60. The third-order valence-electron chi connectivity index (χ3n) is 4.38. The van der Waals surface area contributed by atoms with Crippen LogP contribution in [0.2, 0.25) is 0 Å². The average molecular weight is 355 g/mol. The first-order chi connectivity index (χ1) is 11.6. The minimum absolute atomic E-state index is 0.282. The Kier molecular flexibility index (Phi) is 5.60. The molecule has 1 saturated heterocycles. The molecule has 0 amide bonds. The zero-order valence-electron chi connectivity index (χ0n) is 14.0. The van der Waals surface area contributed by atoms with Crippen molar-refractivity contribution in [1.82, 2.24) is 9.62 Å². The van der Waals surface area contributed by atoms with Gasteiger partial charge in [0.2, 0.25) is 10.0 Å². The number of nitrogens with one attached hydrogen (secondary N) is 1. The molecule has 0 saturated carbocycles. The van der Waals surface area contributed by atoms with E-state index in [1.807, 2.05) is 11.9 Å². The second-order valence-electron chi connectivity index (χ2n) is 6.10. The first-order valence-corrected chi connectivity index (χ1v) is 9.82. The monoisotopic (exact) mass is 355 g/mol. The van der Waals surface area contributed by atoms with Gasteiger partial charge in [0.25, 0.3) is 0 Å². The summed E-state index contributed by atoms with van der Waals surface area (Å²) in [7, 11) is -1.56. The van der Waals surface area contributed by atoms with Crippen LogP contribution < -0.4 is 14.4 Å². The van der Waals surface area contributed by atoms with E-state index in [1.165, 1.54) is 0 Å². The normalized spacial score (nSPS) is 19.0. The number of nitrogens with zero attached hydrogens (tertiary/aromatic N) is 2. The molecule has 0 atom stereocenters. The number of morpholine rings is 1. The van der Waals surface area contributed by atoms with Crippen molar-refractivity contribution < 1.29 is 17.9 Å². The third-order valence-corrected chi connectivity index (χ3v) is 5.84.